The number of hydrogen-bond donors (Lipinski definition) is 0. The number of allylic oxidation sites excluding steroid dienone is 6. The van der Waals surface area contributed by atoms with Crippen molar-refractivity contribution in [3.8, 4) is 0 Å². The van der Waals surface area contributed by atoms with E-state index in [0.717, 1.165) is 24.1 Å². The molecule has 2 rings (SSSR count). The number of hydrogen-bond acceptors (Lipinski definition) is 1. The van der Waals surface area contributed by atoms with Crippen LogP contribution in [-0.4, -0.2) is 7.05 Å². The molecule has 0 amide bonds. The van der Waals surface area contributed by atoms with E-state index in [-0.39, 0.29) is 5.41 Å². The van der Waals surface area contributed by atoms with Crippen molar-refractivity contribution in [2.24, 2.45) is 0 Å². The molecule has 110 valence electrons. The molecule has 0 radical (unpaired) electrons. The van der Waals surface area contributed by atoms with E-state index in [1.165, 1.54) is 11.3 Å². The van der Waals surface area contributed by atoms with Gasteiger partial charge in [-0.1, -0.05) is 68.2 Å². The smallest absolute Gasteiger partial charge is 0.0448 e. The molecule has 0 bridgehead atoms. The number of para-hydroxylation sites is 1. The van der Waals surface area contributed by atoms with Gasteiger partial charge in [-0.2, -0.15) is 0 Å². The highest BCUT2D eigenvalue weighted by Crippen LogP contribution is 2.49. The monoisotopic (exact) mass is 279 g/mol. The lowest BCUT2D eigenvalue weighted by molar-refractivity contribution is 0.573. The summed E-state index contributed by atoms with van der Waals surface area (Å²) in [6.07, 6.45) is 10.3. The third-order valence-corrected chi connectivity index (χ3v) is 4.30. The fraction of sp³-hybridized carbons (Fsp3) is 0.300. The molecule has 1 aliphatic rings. The van der Waals surface area contributed by atoms with Crippen LogP contribution in [0.4, 0.5) is 5.69 Å². The van der Waals surface area contributed by atoms with Crippen molar-refractivity contribution >= 4 is 5.69 Å². The summed E-state index contributed by atoms with van der Waals surface area (Å²) < 4.78 is 0. The zero-order valence-corrected chi connectivity index (χ0v) is 13.4. The quantitative estimate of drug-likeness (QED) is 0.654. The lowest BCUT2D eigenvalue weighted by Crippen LogP contribution is -2.25. The summed E-state index contributed by atoms with van der Waals surface area (Å²) in [6, 6.07) is 8.55. The molecule has 0 N–H and O–H groups in total. The highest BCUT2D eigenvalue weighted by atomic mass is 15.2. The average molecular weight is 279 g/mol. The second-order valence-electron chi connectivity index (χ2n) is 5.89. The summed E-state index contributed by atoms with van der Waals surface area (Å²) in [6.45, 7) is 12.9. The van der Waals surface area contributed by atoms with Gasteiger partial charge in [-0.05, 0) is 31.4 Å². The Morgan fingerprint density at radius 3 is 2.71 bits per heavy atom. The van der Waals surface area contributed by atoms with Crippen molar-refractivity contribution in [1.82, 2.24) is 0 Å². The number of fused-ring (bicyclic) bond motifs is 1. The minimum absolute atomic E-state index is 0.0682. The molecular weight excluding hydrogens is 254 g/mol. The largest absolute Gasteiger partial charge is 0.348 e. The van der Waals surface area contributed by atoms with Crippen molar-refractivity contribution in [2.75, 3.05) is 11.9 Å². The molecule has 1 unspecified atom stereocenters. The maximum absolute atomic E-state index is 4.31. The lowest BCUT2D eigenvalue weighted by atomic mass is 9.77. The maximum Gasteiger partial charge on any atom is 0.0448 e. The van der Waals surface area contributed by atoms with E-state index in [1.54, 1.807) is 0 Å². The van der Waals surface area contributed by atoms with Crippen molar-refractivity contribution in [3.05, 3.63) is 78.6 Å². The molecule has 1 aromatic carbocycles. The summed E-state index contributed by atoms with van der Waals surface area (Å²) in [5, 5.41) is 0. The standard InChI is InChI=1S/C20H25N/c1-6-7-8-9-12-16(2)15-20(4)17(3)21(5)19-14-11-10-13-18(19)20/h7-14H,2-3,6,15H2,1,4-5H3/b8-7-,12-9-. The van der Waals surface area contributed by atoms with Crippen LogP contribution < -0.4 is 4.90 Å². The molecule has 21 heavy (non-hydrogen) atoms. The summed E-state index contributed by atoms with van der Waals surface area (Å²) in [5.41, 5.74) is 4.80. The van der Waals surface area contributed by atoms with E-state index in [1.807, 2.05) is 0 Å². The van der Waals surface area contributed by atoms with Crippen LogP contribution >= 0.6 is 0 Å². The van der Waals surface area contributed by atoms with Crippen LogP contribution in [0.5, 0.6) is 0 Å². The van der Waals surface area contributed by atoms with E-state index in [9.17, 15) is 0 Å². The predicted molar refractivity (Wildman–Crippen MR) is 93.7 cm³/mol. The van der Waals surface area contributed by atoms with Crippen LogP contribution in [0, 0.1) is 0 Å². The van der Waals surface area contributed by atoms with E-state index in [2.05, 4.69) is 87.5 Å². The van der Waals surface area contributed by atoms with Gasteiger partial charge >= 0.3 is 0 Å². The summed E-state index contributed by atoms with van der Waals surface area (Å²) >= 11 is 0. The third kappa shape index (κ3) is 2.87. The Kier molecular flexibility index (Phi) is 4.52. The molecule has 0 fully saturated rings. The highest BCUT2D eigenvalue weighted by molar-refractivity contribution is 5.70. The Bertz CT molecular complexity index is 606. The van der Waals surface area contributed by atoms with Crippen molar-refractivity contribution < 1.29 is 0 Å². The van der Waals surface area contributed by atoms with E-state index < -0.39 is 0 Å². The van der Waals surface area contributed by atoms with Gasteiger partial charge in [-0.3, -0.25) is 0 Å². The fourth-order valence-corrected chi connectivity index (χ4v) is 3.02. The summed E-state index contributed by atoms with van der Waals surface area (Å²) in [7, 11) is 2.09. The number of rotatable bonds is 5. The minimum Gasteiger partial charge on any atom is -0.348 e. The van der Waals surface area contributed by atoms with E-state index >= 15 is 0 Å². The molecule has 0 aliphatic carbocycles. The lowest BCUT2D eigenvalue weighted by Gasteiger charge is -2.28. The molecule has 1 aliphatic heterocycles. The van der Waals surface area contributed by atoms with E-state index in [0.29, 0.717) is 0 Å². The van der Waals surface area contributed by atoms with Crippen LogP contribution in [0.25, 0.3) is 0 Å². The Morgan fingerprint density at radius 1 is 1.29 bits per heavy atom. The van der Waals surface area contributed by atoms with Gasteiger partial charge in [0.15, 0.2) is 0 Å². The van der Waals surface area contributed by atoms with Crippen LogP contribution in [0.3, 0.4) is 0 Å². The SMILES string of the molecule is C=C(/C=C\C=C/CC)CC1(C)C(=C)N(C)c2ccccc21. The first-order chi connectivity index (χ1) is 10.0. The molecule has 1 nitrogen and oxygen atoms in total. The first-order valence-electron chi connectivity index (χ1n) is 7.54. The Hall–Kier alpha value is -2.02. The number of nitrogens with zero attached hydrogens (tertiary/aromatic N) is 1. The number of benzene rings is 1. The van der Waals surface area contributed by atoms with Gasteiger partial charge in [0.2, 0.25) is 0 Å². The van der Waals surface area contributed by atoms with Crippen LogP contribution in [0.1, 0.15) is 32.3 Å². The molecular formula is C20H25N. The van der Waals surface area contributed by atoms with Gasteiger partial charge in [-0.15, -0.1) is 0 Å². The fourth-order valence-electron chi connectivity index (χ4n) is 3.02. The average Bonchev–Trinajstić information content (AvgIpc) is 2.67. The summed E-state index contributed by atoms with van der Waals surface area (Å²) in [5.74, 6) is 0. The van der Waals surface area contributed by atoms with Gasteiger partial charge in [0.05, 0.1) is 0 Å². The number of anilines is 1. The minimum atomic E-state index is -0.0682. The molecule has 1 heteroatoms. The highest BCUT2D eigenvalue weighted by Gasteiger charge is 2.40. The van der Waals surface area contributed by atoms with Gasteiger partial charge < -0.3 is 4.90 Å². The molecule has 1 heterocycles. The topological polar surface area (TPSA) is 3.24 Å². The van der Waals surface area contributed by atoms with Gasteiger partial charge in [0.1, 0.15) is 0 Å². The Balaban J connectivity index is 2.23. The summed E-state index contributed by atoms with van der Waals surface area (Å²) in [4.78, 5) is 2.20. The van der Waals surface area contributed by atoms with Crippen molar-refractivity contribution in [2.45, 2.75) is 32.1 Å². The molecule has 0 spiro atoms. The molecule has 0 saturated carbocycles. The maximum atomic E-state index is 4.31. The van der Waals surface area contributed by atoms with Crippen LogP contribution in [-0.2, 0) is 5.41 Å². The second-order valence-corrected chi connectivity index (χ2v) is 5.89. The zero-order valence-electron chi connectivity index (χ0n) is 13.4. The van der Waals surface area contributed by atoms with Gasteiger partial charge in [0, 0.05) is 23.8 Å². The molecule has 1 aromatic rings. The second kappa shape index (κ2) is 6.17. The number of likely N-dealkylation sites (N-methyl/N-ethyl adjacent to an activating group) is 1. The first-order valence-corrected chi connectivity index (χ1v) is 7.54. The zero-order chi connectivity index (χ0) is 15.5. The van der Waals surface area contributed by atoms with Crippen LogP contribution in [0.2, 0.25) is 0 Å². The van der Waals surface area contributed by atoms with Gasteiger partial charge in [-0.25, -0.2) is 0 Å². The molecule has 0 saturated heterocycles. The predicted octanol–water partition coefficient (Wildman–Crippen LogP) is 5.38. The molecule has 0 aromatic heterocycles. The third-order valence-electron chi connectivity index (χ3n) is 4.30. The van der Waals surface area contributed by atoms with Gasteiger partial charge in [0.25, 0.3) is 0 Å². The normalized spacial score (nSPS) is 21.5. The van der Waals surface area contributed by atoms with Crippen molar-refractivity contribution in [3.63, 3.8) is 0 Å². The first kappa shape index (κ1) is 15.4. The van der Waals surface area contributed by atoms with Crippen molar-refractivity contribution in [1.29, 1.82) is 0 Å². The molecule has 1 atom stereocenters. The van der Waals surface area contributed by atoms with Crippen LogP contribution in [0.15, 0.2) is 73.0 Å². The Labute approximate surface area is 129 Å². The van der Waals surface area contributed by atoms with E-state index in [4.69, 9.17) is 0 Å². The Morgan fingerprint density at radius 2 is 2.00 bits per heavy atom.